The minimum absolute atomic E-state index is 0.0273. The summed E-state index contributed by atoms with van der Waals surface area (Å²) in [7, 11) is 0. The maximum atomic E-state index is 13.3. The summed E-state index contributed by atoms with van der Waals surface area (Å²) < 4.78 is 5.61. The molecule has 2 aliphatic rings. The molecule has 0 aliphatic carbocycles. The van der Waals surface area contributed by atoms with Crippen LogP contribution in [0.5, 0.6) is 0 Å². The fourth-order valence-electron chi connectivity index (χ4n) is 4.66. The highest BCUT2D eigenvalue weighted by Crippen LogP contribution is 2.36. The van der Waals surface area contributed by atoms with Crippen molar-refractivity contribution in [3.8, 4) is 11.1 Å². The van der Waals surface area contributed by atoms with Crippen LogP contribution in [0.4, 0.5) is 0 Å². The van der Waals surface area contributed by atoms with Gasteiger partial charge in [-0.15, -0.1) is 0 Å². The third-order valence-electron chi connectivity index (χ3n) is 6.26. The van der Waals surface area contributed by atoms with Crippen molar-refractivity contribution in [2.75, 3.05) is 19.7 Å². The molecule has 2 fully saturated rings. The fourth-order valence-corrected chi connectivity index (χ4v) is 4.66. The molecule has 2 aliphatic heterocycles. The van der Waals surface area contributed by atoms with Crippen molar-refractivity contribution >= 4 is 11.8 Å². The molecule has 0 radical (unpaired) electrons. The van der Waals surface area contributed by atoms with E-state index in [-0.39, 0.29) is 24.0 Å². The molecule has 31 heavy (non-hydrogen) atoms. The van der Waals surface area contributed by atoms with Gasteiger partial charge < -0.3 is 15.0 Å². The number of nitrogens with zero attached hydrogens (tertiary/aromatic N) is 2. The van der Waals surface area contributed by atoms with E-state index in [1.807, 2.05) is 36.9 Å². The quantitative estimate of drug-likeness (QED) is 0.778. The zero-order valence-electron chi connectivity index (χ0n) is 18.3. The molecule has 0 spiro atoms. The minimum Gasteiger partial charge on any atom is -0.368 e. The molecule has 2 atom stereocenters. The van der Waals surface area contributed by atoms with Gasteiger partial charge in [0.15, 0.2) is 0 Å². The first-order chi connectivity index (χ1) is 15.0. The Labute approximate surface area is 184 Å². The van der Waals surface area contributed by atoms with Crippen molar-refractivity contribution in [1.82, 2.24) is 15.2 Å². The molecule has 2 saturated heterocycles. The van der Waals surface area contributed by atoms with Crippen molar-refractivity contribution in [2.45, 2.75) is 51.7 Å². The number of amides is 2. The Morgan fingerprint density at radius 3 is 2.74 bits per heavy atom. The third-order valence-corrected chi connectivity index (χ3v) is 6.26. The van der Waals surface area contributed by atoms with E-state index in [9.17, 15) is 9.59 Å². The average molecular weight is 422 g/mol. The minimum atomic E-state index is -0.630. The maximum Gasteiger partial charge on any atom is 0.251 e. The van der Waals surface area contributed by atoms with Gasteiger partial charge in [-0.05, 0) is 68.4 Å². The largest absolute Gasteiger partial charge is 0.368 e. The van der Waals surface area contributed by atoms with Crippen LogP contribution >= 0.6 is 0 Å². The Hall–Kier alpha value is -2.73. The highest BCUT2D eigenvalue weighted by Gasteiger charge is 2.47. The van der Waals surface area contributed by atoms with Gasteiger partial charge in [0.25, 0.3) is 5.91 Å². The van der Waals surface area contributed by atoms with Gasteiger partial charge in [-0.2, -0.15) is 0 Å². The number of benzene rings is 1. The van der Waals surface area contributed by atoms with E-state index in [0.29, 0.717) is 32.5 Å². The van der Waals surface area contributed by atoms with Crippen molar-refractivity contribution < 1.29 is 14.3 Å². The first-order valence-corrected chi connectivity index (χ1v) is 11.2. The van der Waals surface area contributed by atoms with E-state index >= 15 is 0 Å². The zero-order valence-corrected chi connectivity index (χ0v) is 18.3. The molecule has 0 bridgehead atoms. The van der Waals surface area contributed by atoms with Crippen LogP contribution in [-0.2, 0) is 20.7 Å². The topological polar surface area (TPSA) is 71.5 Å². The molecule has 6 heteroatoms. The number of hydrogen-bond donors (Lipinski definition) is 1. The monoisotopic (exact) mass is 421 g/mol. The summed E-state index contributed by atoms with van der Waals surface area (Å²) in [5.74, 6) is 0.0571. The number of aromatic nitrogens is 1. The van der Waals surface area contributed by atoms with Gasteiger partial charge in [0.1, 0.15) is 6.10 Å². The summed E-state index contributed by atoms with van der Waals surface area (Å²) in [5.41, 5.74) is 2.67. The van der Waals surface area contributed by atoms with Gasteiger partial charge in [-0.25, -0.2) is 0 Å². The first kappa shape index (κ1) is 21.5. The summed E-state index contributed by atoms with van der Waals surface area (Å²) in [5, 5.41) is 3.10. The van der Waals surface area contributed by atoms with Crippen LogP contribution in [0.25, 0.3) is 11.1 Å². The molecule has 2 amide bonds. The third kappa shape index (κ3) is 4.79. The molecule has 6 nitrogen and oxygen atoms in total. The van der Waals surface area contributed by atoms with E-state index in [1.165, 1.54) is 0 Å². The van der Waals surface area contributed by atoms with Crippen LogP contribution in [0.1, 0.15) is 38.7 Å². The molecule has 3 heterocycles. The van der Waals surface area contributed by atoms with E-state index < -0.39 is 5.41 Å². The van der Waals surface area contributed by atoms with Crippen LogP contribution in [0.15, 0.2) is 48.8 Å². The first-order valence-electron chi connectivity index (χ1n) is 11.2. The normalized spacial score (nSPS) is 23.3. The van der Waals surface area contributed by atoms with E-state index in [1.54, 1.807) is 12.4 Å². The Morgan fingerprint density at radius 1 is 1.23 bits per heavy atom. The Morgan fingerprint density at radius 2 is 2.03 bits per heavy atom. The number of carbonyl (C=O) groups excluding carboxylic acids is 2. The van der Waals surface area contributed by atoms with Crippen LogP contribution in [0.2, 0.25) is 0 Å². The summed E-state index contributed by atoms with van der Waals surface area (Å²) in [6.07, 6.45) is 6.16. The standard InChI is InChI=1S/C25H31N3O3/c1-18(2)27-24(30)25(10-13-28(17-25)23(29)22-7-4-14-31-22)16-19-5-3-6-21(15-19)20-8-11-26-12-9-20/h3,5-6,8-9,11-12,15,18,22H,4,7,10,13-14,16-17H2,1-2H3,(H,27,30)/t22-,25+/m0/s1. The lowest BCUT2D eigenvalue weighted by Crippen LogP contribution is -2.48. The molecular weight excluding hydrogens is 390 g/mol. The number of pyridine rings is 1. The number of likely N-dealkylation sites (tertiary alicyclic amines) is 1. The molecule has 0 saturated carbocycles. The summed E-state index contributed by atoms with van der Waals surface area (Å²) in [6.45, 7) is 5.61. The SMILES string of the molecule is CC(C)NC(=O)[C@@]1(Cc2cccc(-c3ccncc3)c2)CCN(C(=O)[C@@H]2CCCO2)C1. The second-order valence-electron chi connectivity index (χ2n) is 9.03. The summed E-state index contributed by atoms with van der Waals surface area (Å²) in [4.78, 5) is 32.2. The van der Waals surface area contributed by atoms with Crippen molar-refractivity contribution in [2.24, 2.45) is 5.41 Å². The lowest BCUT2D eigenvalue weighted by Gasteiger charge is -2.30. The molecule has 1 aromatic heterocycles. The van der Waals surface area contributed by atoms with Gasteiger partial charge >= 0.3 is 0 Å². The van der Waals surface area contributed by atoms with Crippen molar-refractivity contribution in [1.29, 1.82) is 0 Å². The second kappa shape index (κ2) is 9.18. The molecule has 1 aromatic carbocycles. The highest BCUT2D eigenvalue weighted by atomic mass is 16.5. The maximum absolute atomic E-state index is 13.3. The zero-order chi connectivity index (χ0) is 21.8. The van der Waals surface area contributed by atoms with Crippen molar-refractivity contribution in [3.05, 3.63) is 54.4 Å². The van der Waals surface area contributed by atoms with Gasteiger partial charge in [-0.3, -0.25) is 14.6 Å². The van der Waals surface area contributed by atoms with Gasteiger partial charge in [0, 0.05) is 38.1 Å². The summed E-state index contributed by atoms with van der Waals surface area (Å²) >= 11 is 0. The lowest BCUT2D eigenvalue weighted by atomic mass is 9.79. The van der Waals surface area contributed by atoms with Gasteiger partial charge in [0.2, 0.25) is 5.91 Å². The van der Waals surface area contributed by atoms with E-state index in [2.05, 4.69) is 28.5 Å². The Balaban J connectivity index is 1.58. The lowest BCUT2D eigenvalue weighted by molar-refractivity contribution is -0.141. The Kier molecular flexibility index (Phi) is 6.37. The van der Waals surface area contributed by atoms with E-state index in [0.717, 1.165) is 29.5 Å². The number of hydrogen-bond acceptors (Lipinski definition) is 4. The van der Waals surface area contributed by atoms with Crippen LogP contribution in [0.3, 0.4) is 0 Å². The molecule has 2 aromatic rings. The predicted molar refractivity (Wildman–Crippen MR) is 119 cm³/mol. The van der Waals surface area contributed by atoms with E-state index in [4.69, 9.17) is 4.74 Å². The van der Waals surface area contributed by atoms with Crippen LogP contribution < -0.4 is 5.32 Å². The molecule has 164 valence electrons. The van der Waals surface area contributed by atoms with Gasteiger partial charge in [-0.1, -0.05) is 24.3 Å². The predicted octanol–water partition coefficient (Wildman–Crippen LogP) is 3.21. The molecule has 1 N–H and O–H groups in total. The number of rotatable bonds is 6. The average Bonchev–Trinajstić information content (AvgIpc) is 3.45. The molecule has 4 rings (SSSR count). The second-order valence-corrected chi connectivity index (χ2v) is 9.03. The number of nitrogens with one attached hydrogen (secondary N) is 1. The number of ether oxygens (including phenoxy) is 1. The van der Waals surface area contributed by atoms with Crippen LogP contribution in [0, 0.1) is 5.41 Å². The fraction of sp³-hybridized carbons (Fsp3) is 0.480. The van der Waals surface area contributed by atoms with Gasteiger partial charge in [0.05, 0.1) is 5.41 Å². The molecule has 0 unspecified atom stereocenters. The smallest absolute Gasteiger partial charge is 0.251 e. The Bertz CT molecular complexity index is 925. The highest BCUT2D eigenvalue weighted by molar-refractivity contribution is 5.87. The summed E-state index contributed by atoms with van der Waals surface area (Å²) in [6, 6.07) is 12.3. The van der Waals surface area contributed by atoms with Crippen LogP contribution in [-0.4, -0.2) is 53.5 Å². The van der Waals surface area contributed by atoms with Crippen molar-refractivity contribution in [3.63, 3.8) is 0 Å². The molecular formula is C25H31N3O3. The number of carbonyl (C=O) groups is 2.